The van der Waals surface area contributed by atoms with Crippen molar-refractivity contribution in [1.29, 1.82) is 0 Å². The number of carbonyl (C=O) groups is 1. The maximum Gasteiger partial charge on any atom is 0.338 e. The van der Waals surface area contributed by atoms with Crippen LogP contribution >= 0.6 is 0 Å². The molecule has 0 N–H and O–H groups in total. The van der Waals surface area contributed by atoms with Gasteiger partial charge < -0.3 is 9.30 Å². The van der Waals surface area contributed by atoms with E-state index in [1.807, 2.05) is 25.3 Å². The Morgan fingerprint density at radius 3 is 2.57 bits per heavy atom. The summed E-state index contributed by atoms with van der Waals surface area (Å²) in [6, 6.07) is 16.1. The van der Waals surface area contributed by atoms with E-state index in [9.17, 15) is 4.79 Å². The van der Waals surface area contributed by atoms with Gasteiger partial charge in [-0.3, -0.25) is 4.99 Å². The van der Waals surface area contributed by atoms with E-state index in [2.05, 4.69) is 60.7 Å². The molecule has 0 amide bonds. The first-order valence-corrected chi connectivity index (χ1v) is 9.47. The number of methoxy groups -OCH3 is 1. The van der Waals surface area contributed by atoms with Crippen molar-refractivity contribution in [3.8, 4) is 5.69 Å². The molecule has 0 fully saturated rings. The van der Waals surface area contributed by atoms with E-state index in [4.69, 9.17) is 4.74 Å². The molecule has 2 aromatic carbocycles. The summed E-state index contributed by atoms with van der Waals surface area (Å²) < 4.78 is 7.13. The summed E-state index contributed by atoms with van der Waals surface area (Å²) in [7, 11) is 1.39. The van der Waals surface area contributed by atoms with E-state index >= 15 is 0 Å². The van der Waals surface area contributed by atoms with Crippen molar-refractivity contribution in [3.05, 3.63) is 82.2 Å². The molecule has 0 atom stereocenters. The first kappa shape index (κ1) is 19.6. The lowest BCUT2D eigenvalue weighted by Crippen LogP contribution is -2.03. The van der Waals surface area contributed by atoms with Crippen molar-refractivity contribution < 1.29 is 9.53 Å². The minimum Gasteiger partial charge on any atom is -0.465 e. The Morgan fingerprint density at radius 2 is 1.86 bits per heavy atom. The standard InChI is InChI=1S/C24H26N2O2/c1-6-19-10-7-8-13-23(19)26-16(2)14-20(18(26)4)15-25-22-12-9-11-21(17(22)3)24(27)28-5/h7-15H,6H2,1-5H3. The van der Waals surface area contributed by atoms with Gasteiger partial charge in [0.15, 0.2) is 0 Å². The van der Waals surface area contributed by atoms with E-state index < -0.39 is 0 Å². The Balaban J connectivity index is 2.00. The van der Waals surface area contributed by atoms with Gasteiger partial charge in [-0.05, 0) is 62.6 Å². The van der Waals surface area contributed by atoms with Crippen LogP contribution in [0.4, 0.5) is 5.69 Å². The van der Waals surface area contributed by atoms with Gasteiger partial charge in [0.2, 0.25) is 0 Å². The molecule has 0 radical (unpaired) electrons. The quantitative estimate of drug-likeness (QED) is 0.437. The third kappa shape index (κ3) is 3.63. The van der Waals surface area contributed by atoms with Gasteiger partial charge in [0.05, 0.1) is 18.4 Å². The molecular weight excluding hydrogens is 348 g/mol. The number of rotatable bonds is 5. The second-order valence-electron chi connectivity index (χ2n) is 6.84. The molecule has 1 aromatic heterocycles. The number of para-hydroxylation sites is 1. The summed E-state index contributed by atoms with van der Waals surface area (Å²) >= 11 is 0. The Bertz CT molecular complexity index is 1040. The zero-order valence-corrected chi connectivity index (χ0v) is 17.1. The molecule has 28 heavy (non-hydrogen) atoms. The van der Waals surface area contributed by atoms with Crippen molar-refractivity contribution in [2.24, 2.45) is 4.99 Å². The van der Waals surface area contributed by atoms with Crippen molar-refractivity contribution in [1.82, 2.24) is 4.57 Å². The fourth-order valence-electron chi connectivity index (χ4n) is 3.55. The maximum absolute atomic E-state index is 11.9. The normalized spacial score (nSPS) is 11.2. The molecule has 4 nitrogen and oxygen atoms in total. The molecule has 3 rings (SSSR count). The largest absolute Gasteiger partial charge is 0.465 e. The lowest BCUT2D eigenvalue weighted by molar-refractivity contribution is 0.0600. The smallest absolute Gasteiger partial charge is 0.338 e. The fourth-order valence-corrected chi connectivity index (χ4v) is 3.55. The van der Waals surface area contributed by atoms with Crippen molar-refractivity contribution in [2.45, 2.75) is 34.1 Å². The van der Waals surface area contributed by atoms with Crippen molar-refractivity contribution >= 4 is 17.9 Å². The third-order valence-electron chi connectivity index (χ3n) is 5.14. The predicted molar refractivity (Wildman–Crippen MR) is 114 cm³/mol. The minimum atomic E-state index is -0.344. The molecule has 0 aliphatic rings. The van der Waals surface area contributed by atoms with Crippen LogP contribution in [0.15, 0.2) is 53.5 Å². The Hall–Kier alpha value is -3.14. The summed E-state index contributed by atoms with van der Waals surface area (Å²) in [5, 5.41) is 0. The summed E-state index contributed by atoms with van der Waals surface area (Å²) in [6.07, 6.45) is 2.85. The van der Waals surface area contributed by atoms with Crippen LogP contribution in [0.2, 0.25) is 0 Å². The molecule has 144 valence electrons. The predicted octanol–water partition coefficient (Wildman–Crippen LogP) is 5.50. The number of hydrogen-bond donors (Lipinski definition) is 0. The zero-order chi connectivity index (χ0) is 20.3. The number of hydrogen-bond acceptors (Lipinski definition) is 3. The van der Waals surface area contributed by atoms with E-state index in [1.54, 1.807) is 6.07 Å². The first-order valence-electron chi connectivity index (χ1n) is 9.47. The van der Waals surface area contributed by atoms with Gasteiger partial charge in [0.25, 0.3) is 0 Å². The van der Waals surface area contributed by atoms with Crippen LogP contribution in [0.1, 0.15) is 45.4 Å². The SMILES string of the molecule is CCc1ccccc1-n1c(C)cc(C=Nc2cccc(C(=O)OC)c2C)c1C. The summed E-state index contributed by atoms with van der Waals surface area (Å²) in [5.74, 6) is -0.344. The lowest BCUT2D eigenvalue weighted by atomic mass is 10.1. The van der Waals surface area contributed by atoms with Gasteiger partial charge in [-0.2, -0.15) is 0 Å². The highest BCUT2D eigenvalue weighted by Gasteiger charge is 2.13. The lowest BCUT2D eigenvalue weighted by Gasteiger charge is -2.13. The number of aryl methyl sites for hydroxylation is 2. The van der Waals surface area contributed by atoms with Crippen LogP contribution in [0.25, 0.3) is 5.69 Å². The first-order chi connectivity index (χ1) is 13.5. The van der Waals surface area contributed by atoms with Gasteiger partial charge in [0.1, 0.15) is 0 Å². The van der Waals surface area contributed by atoms with Gasteiger partial charge in [-0.15, -0.1) is 0 Å². The molecular formula is C24H26N2O2. The maximum atomic E-state index is 11.9. The van der Waals surface area contributed by atoms with Crippen LogP contribution in [-0.2, 0) is 11.2 Å². The third-order valence-corrected chi connectivity index (χ3v) is 5.14. The van der Waals surface area contributed by atoms with Crippen LogP contribution in [0.3, 0.4) is 0 Å². The van der Waals surface area contributed by atoms with Gasteiger partial charge in [-0.25, -0.2) is 4.79 Å². The van der Waals surface area contributed by atoms with Gasteiger partial charge in [0, 0.05) is 28.9 Å². The molecule has 0 aliphatic carbocycles. The number of aromatic nitrogens is 1. The number of carbonyl (C=O) groups excluding carboxylic acids is 1. The molecule has 0 bridgehead atoms. The monoisotopic (exact) mass is 374 g/mol. The molecule has 0 saturated heterocycles. The molecule has 4 heteroatoms. The van der Waals surface area contributed by atoms with E-state index in [1.165, 1.54) is 24.1 Å². The molecule has 0 unspecified atom stereocenters. The number of esters is 1. The zero-order valence-electron chi connectivity index (χ0n) is 17.1. The highest BCUT2D eigenvalue weighted by molar-refractivity contribution is 5.93. The van der Waals surface area contributed by atoms with E-state index in [0.717, 1.165) is 28.9 Å². The summed E-state index contributed by atoms with van der Waals surface area (Å²) in [5.41, 5.74) is 8.02. The average Bonchev–Trinajstić information content (AvgIpc) is 2.99. The molecule has 0 aliphatic heterocycles. The number of nitrogens with zero attached hydrogens (tertiary/aromatic N) is 2. The van der Waals surface area contributed by atoms with Crippen LogP contribution in [0.5, 0.6) is 0 Å². The number of benzene rings is 2. The highest BCUT2D eigenvalue weighted by Crippen LogP contribution is 2.25. The molecule has 0 spiro atoms. The number of ether oxygens (including phenoxy) is 1. The van der Waals surface area contributed by atoms with Crippen molar-refractivity contribution in [2.75, 3.05) is 7.11 Å². The van der Waals surface area contributed by atoms with E-state index in [0.29, 0.717) is 5.56 Å². The highest BCUT2D eigenvalue weighted by atomic mass is 16.5. The van der Waals surface area contributed by atoms with Gasteiger partial charge >= 0.3 is 5.97 Å². The van der Waals surface area contributed by atoms with Crippen LogP contribution in [0, 0.1) is 20.8 Å². The minimum absolute atomic E-state index is 0.344. The second kappa shape index (κ2) is 8.26. The summed E-state index contributed by atoms with van der Waals surface area (Å²) in [4.78, 5) is 16.6. The second-order valence-corrected chi connectivity index (χ2v) is 6.84. The Labute approximate surface area is 166 Å². The molecule has 3 aromatic rings. The fraction of sp³-hybridized carbons (Fsp3) is 0.250. The van der Waals surface area contributed by atoms with Crippen LogP contribution < -0.4 is 0 Å². The average molecular weight is 374 g/mol. The Morgan fingerprint density at radius 1 is 1.11 bits per heavy atom. The number of aliphatic imine (C=N–C) groups is 1. The molecule has 0 saturated carbocycles. The summed E-state index contributed by atoms with van der Waals surface area (Å²) in [6.45, 7) is 8.28. The topological polar surface area (TPSA) is 43.6 Å². The molecule has 1 heterocycles. The van der Waals surface area contributed by atoms with Crippen LogP contribution in [-0.4, -0.2) is 23.9 Å². The Kier molecular flexibility index (Phi) is 5.78. The van der Waals surface area contributed by atoms with Gasteiger partial charge in [-0.1, -0.05) is 31.2 Å². The van der Waals surface area contributed by atoms with Crippen molar-refractivity contribution in [3.63, 3.8) is 0 Å². The van der Waals surface area contributed by atoms with E-state index in [-0.39, 0.29) is 5.97 Å².